The third kappa shape index (κ3) is 1.38. The van der Waals surface area contributed by atoms with Crippen LogP contribution in [0.25, 0.3) is 0 Å². The van der Waals surface area contributed by atoms with E-state index in [2.05, 4.69) is 0 Å². The first kappa shape index (κ1) is 9.04. The molecule has 1 fully saturated rings. The maximum Gasteiger partial charge on any atom is 0.251 e. The fourth-order valence-corrected chi connectivity index (χ4v) is 2.09. The highest BCUT2D eigenvalue weighted by Gasteiger charge is 2.47. The molecule has 1 aliphatic heterocycles. The van der Waals surface area contributed by atoms with Gasteiger partial charge in [0.2, 0.25) is 0 Å². The summed E-state index contributed by atoms with van der Waals surface area (Å²) in [6, 6.07) is 5.89. The minimum Gasteiger partial charge on any atom is -0.448 e. The van der Waals surface area contributed by atoms with E-state index >= 15 is 0 Å². The van der Waals surface area contributed by atoms with Crippen LogP contribution in [0, 0.1) is 0 Å². The Hall–Kier alpha value is -1.22. The number of hydrogen-bond donors (Lipinski definition) is 1. The largest absolute Gasteiger partial charge is 0.448 e. The van der Waals surface area contributed by atoms with E-state index in [1.54, 1.807) is 0 Å². The van der Waals surface area contributed by atoms with Crippen molar-refractivity contribution in [3.05, 3.63) is 23.8 Å². The van der Waals surface area contributed by atoms with Crippen molar-refractivity contribution in [1.82, 2.24) is 0 Å². The summed E-state index contributed by atoms with van der Waals surface area (Å²) in [5.74, 6) is 1.33. The summed E-state index contributed by atoms with van der Waals surface area (Å²) in [7, 11) is 0. The summed E-state index contributed by atoms with van der Waals surface area (Å²) >= 11 is 0. The van der Waals surface area contributed by atoms with Crippen LogP contribution >= 0.6 is 0 Å². The molecule has 1 aromatic rings. The van der Waals surface area contributed by atoms with Crippen LogP contribution in [-0.4, -0.2) is 17.5 Å². The van der Waals surface area contributed by atoms with Crippen molar-refractivity contribution in [2.24, 2.45) is 0 Å². The molecule has 0 atom stereocenters. The van der Waals surface area contributed by atoms with E-state index in [-0.39, 0.29) is 12.4 Å². The zero-order valence-corrected chi connectivity index (χ0v) is 8.53. The third-order valence-electron chi connectivity index (χ3n) is 3.12. The monoisotopic (exact) mass is 206 g/mol. The quantitative estimate of drug-likeness (QED) is 0.802. The zero-order valence-electron chi connectivity index (χ0n) is 8.53. The summed E-state index contributed by atoms with van der Waals surface area (Å²) in [4.78, 5) is 0. The molecule has 0 unspecified atom stereocenters. The van der Waals surface area contributed by atoms with Gasteiger partial charge in [0, 0.05) is 19.4 Å². The zero-order chi connectivity index (χ0) is 10.3. The summed E-state index contributed by atoms with van der Waals surface area (Å²) in [5, 5.41) is 8.86. The molecular formula is C12H14O3. The molecule has 1 aliphatic carbocycles. The molecular weight excluding hydrogens is 192 g/mol. The highest BCUT2D eigenvalue weighted by molar-refractivity contribution is 5.46. The van der Waals surface area contributed by atoms with Crippen LogP contribution in [0.5, 0.6) is 11.5 Å². The van der Waals surface area contributed by atoms with Crippen LogP contribution in [0.3, 0.4) is 0 Å². The van der Waals surface area contributed by atoms with E-state index in [9.17, 15) is 0 Å². The highest BCUT2D eigenvalue weighted by atomic mass is 16.7. The first-order chi connectivity index (χ1) is 7.31. The van der Waals surface area contributed by atoms with Crippen molar-refractivity contribution in [2.75, 3.05) is 6.61 Å². The molecule has 1 saturated carbocycles. The molecule has 3 nitrogen and oxygen atoms in total. The van der Waals surface area contributed by atoms with Crippen LogP contribution in [-0.2, 0) is 6.42 Å². The van der Waals surface area contributed by atoms with Gasteiger partial charge in [-0.05, 0) is 30.5 Å². The fraction of sp³-hybridized carbons (Fsp3) is 0.500. The Morgan fingerprint density at radius 3 is 2.67 bits per heavy atom. The lowest BCUT2D eigenvalue weighted by atomic mass is 9.91. The van der Waals surface area contributed by atoms with Crippen molar-refractivity contribution in [2.45, 2.75) is 31.5 Å². The highest BCUT2D eigenvalue weighted by Crippen LogP contribution is 2.48. The third-order valence-corrected chi connectivity index (χ3v) is 3.12. The summed E-state index contributed by atoms with van der Waals surface area (Å²) < 4.78 is 11.6. The molecule has 1 spiro atoms. The SMILES string of the molecule is OCCc1ccc2c(c1)OC1(CCC1)O2. The van der Waals surface area contributed by atoms with Gasteiger partial charge in [-0.25, -0.2) is 0 Å². The number of fused-ring (bicyclic) bond motifs is 1. The van der Waals surface area contributed by atoms with Gasteiger partial charge >= 0.3 is 0 Å². The molecule has 80 valence electrons. The number of benzene rings is 1. The standard InChI is InChI=1S/C12H14O3/c13-7-4-9-2-3-10-11(8-9)15-12(14-10)5-1-6-12/h2-3,8,13H,1,4-7H2. The number of rotatable bonds is 2. The Morgan fingerprint density at radius 1 is 1.20 bits per heavy atom. The lowest BCUT2D eigenvalue weighted by molar-refractivity contribution is -0.138. The normalized spacial score (nSPS) is 20.3. The van der Waals surface area contributed by atoms with Crippen molar-refractivity contribution in [3.63, 3.8) is 0 Å². The number of ether oxygens (including phenoxy) is 2. The Balaban J connectivity index is 1.86. The molecule has 0 bridgehead atoms. The van der Waals surface area contributed by atoms with Gasteiger partial charge < -0.3 is 14.6 Å². The van der Waals surface area contributed by atoms with E-state index in [4.69, 9.17) is 14.6 Å². The minimum atomic E-state index is -0.347. The van der Waals surface area contributed by atoms with Crippen molar-refractivity contribution in [1.29, 1.82) is 0 Å². The molecule has 1 heterocycles. The van der Waals surface area contributed by atoms with Gasteiger partial charge in [-0.3, -0.25) is 0 Å². The van der Waals surface area contributed by atoms with Gasteiger partial charge in [0.05, 0.1) is 0 Å². The molecule has 0 radical (unpaired) electrons. The predicted octanol–water partition coefficient (Wildman–Crippen LogP) is 1.87. The fourth-order valence-electron chi connectivity index (χ4n) is 2.09. The van der Waals surface area contributed by atoms with E-state index in [1.165, 1.54) is 6.42 Å². The van der Waals surface area contributed by atoms with E-state index in [0.717, 1.165) is 29.9 Å². The second-order valence-corrected chi connectivity index (χ2v) is 4.22. The second-order valence-electron chi connectivity index (χ2n) is 4.22. The van der Waals surface area contributed by atoms with E-state index in [1.807, 2.05) is 18.2 Å². The van der Waals surface area contributed by atoms with E-state index < -0.39 is 0 Å². The Kier molecular flexibility index (Phi) is 1.89. The molecule has 15 heavy (non-hydrogen) atoms. The van der Waals surface area contributed by atoms with Crippen molar-refractivity contribution >= 4 is 0 Å². The van der Waals surface area contributed by atoms with Crippen LogP contribution < -0.4 is 9.47 Å². The number of aliphatic hydroxyl groups excluding tert-OH is 1. The predicted molar refractivity (Wildman–Crippen MR) is 55.1 cm³/mol. The van der Waals surface area contributed by atoms with Gasteiger partial charge in [0.1, 0.15) is 0 Å². The van der Waals surface area contributed by atoms with Gasteiger partial charge in [-0.1, -0.05) is 6.07 Å². The maximum absolute atomic E-state index is 8.86. The Bertz CT molecular complexity index is 382. The molecule has 2 aliphatic rings. The average Bonchev–Trinajstić information content (AvgIpc) is 2.56. The van der Waals surface area contributed by atoms with Crippen LogP contribution in [0.4, 0.5) is 0 Å². The second kappa shape index (κ2) is 3.14. The van der Waals surface area contributed by atoms with Crippen LogP contribution in [0.1, 0.15) is 24.8 Å². The number of aliphatic hydroxyl groups is 1. The minimum absolute atomic E-state index is 0.171. The van der Waals surface area contributed by atoms with E-state index in [0.29, 0.717) is 6.42 Å². The van der Waals surface area contributed by atoms with Gasteiger partial charge in [-0.2, -0.15) is 0 Å². The van der Waals surface area contributed by atoms with Gasteiger partial charge in [-0.15, -0.1) is 0 Å². The molecule has 3 rings (SSSR count). The first-order valence-corrected chi connectivity index (χ1v) is 5.43. The lowest BCUT2D eigenvalue weighted by Gasteiger charge is -2.35. The van der Waals surface area contributed by atoms with Crippen molar-refractivity contribution < 1.29 is 14.6 Å². The van der Waals surface area contributed by atoms with Crippen LogP contribution in [0.15, 0.2) is 18.2 Å². The Morgan fingerprint density at radius 2 is 2.00 bits per heavy atom. The summed E-state index contributed by atoms with van der Waals surface area (Å²) in [6.07, 6.45) is 3.81. The van der Waals surface area contributed by atoms with Crippen molar-refractivity contribution in [3.8, 4) is 11.5 Å². The lowest BCUT2D eigenvalue weighted by Crippen LogP contribution is -2.45. The Labute approximate surface area is 88.6 Å². The molecule has 1 N–H and O–H groups in total. The van der Waals surface area contributed by atoms with Gasteiger partial charge in [0.15, 0.2) is 11.5 Å². The first-order valence-electron chi connectivity index (χ1n) is 5.43. The molecule has 0 saturated heterocycles. The summed E-state index contributed by atoms with van der Waals surface area (Å²) in [5.41, 5.74) is 1.09. The topological polar surface area (TPSA) is 38.7 Å². The molecule has 1 aromatic carbocycles. The average molecular weight is 206 g/mol. The maximum atomic E-state index is 8.86. The summed E-state index contributed by atoms with van der Waals surface area (Å²) in [6.45, 7) is 0.171. The number of hydrogen-bond acceptors (Lipinski definition) is 3. The molecule has 0 aromatic heterocycles. The molecule has 3 heteroatoms. The van der Waals surface area contributed by atoms with Crippen LogP contribution in [0.2, 0.25) is 0 Å². The smallest absolute Gasteiger partial charge is 0.251 e. The van der Waals surface area contributed by atoms with Gasteiger partial charge in [0.25, 0.3) is 5.79 Å². The molecule has 0 amide bonds.